The van der Waals surface area contributed by atoms with Crippen molar-refractivity contribution >= 4 is 16.8 Å². The molecular formula is C28H40FN3O4. The minimum Gasteiger partial charge on any atom is -0.497 e. The largest absolute Gasteiger partial charge is 0.497 e. The van der Waals surface area contributed by atoms with Gasteiger partial charge in [-0.25, -0.2) is 9.87 Å². The number of aliphatic hydroxyl groups excluding tert-OH is 1. The first-order valence-corrected chi connectivity index (χ1v) is 13.4. The number of pyridine rings is 1. The molecule has 1 unspecified atom stereocenters. The Balaban J connectivity index is 1.44. The van der Waals surface area contributed by atoms with E-state index in [2.05, 4.69) is 9.88 Å². The number of methoxy groups -OCH3 is 1. The van der Waals surface area contributed by atoms with Gasteiger partial charge in [0.2, 0.25) is 5.91 Å². The number of hydroxylamine groups is 1. The zero-order valence-corrected chi connectivity index (χ0v) is 21.3. The fourth-order valence-corrected chi connectivity index (χ4v) is 6.16. The molecule has 2 fully saturated rings. The predicted molar refractivity (Wildman–Crippen MR) is 137 cm³/mol. The number of hydrogen-bond donors (Lipinski definition) is 3. The Kier molecular flexibility index (Phi) is 9.14. The maximum atomic E-state index is 15.9. The molecule has 0 bridgehead atoms. The summed E-state index contributed by atoms with van der Waals surface area (Å²) in [6.07, 6.45) is 9.62. The van der Waals surface area contributed by atoms with E-state index in [1.807, 2.05) is 5.48 Å². The maximum Gasteiger partial charge on any atom is 0.249 e. The van der Waals surface area contributed by atoms with E-state index in [9.17, 15) is 15.1 Å². The number of ether oxygens (including phenoxy) is 1. The molecule has 3 N–H and O–H groups in total. The number of rotatable bonds is 10. The fourth-order valence-electron chi connectivity index (χ4n) is 6.16. The highest BCUT2D eigenvalue weighted by molar-refractivity contribution is 5.85. The average molecular weight is 502 g/mol. The van der Waals surface area contributed by atoms with Crippen molar-refractivity contribution < 1.29 is 24.2 Å². The summed E-state index contributed by atoms with van der Waals surface area (Å²) >= 11 is 0. The second kappa shape index (κ2) is 12.3. The number of aromatic nitrogens is 1. The topological polar surface area (TPSA) is 94.9 Å². The van der Waals surface area contributed by atoms with E-state index in [1.165, 1.54) is 44.7 Å². The number of piperidine rings is 1. The number of halogens is 1. The lowest BCUT2D eigenvalue weighted by molar-refractivity contribution is -0.143. The summed E-state index contributed by atoms with van der Waals surface area (Å²) in [5, 5.41) is 20.0. The van der Waals surface area contributed by atoms with E-state index in [-0.39, 0.29) is 13.0 Å². The van der Waals surface area contributed by atoms with E-state index in [0.29, 0.717) is 47.0 Å². The van der Waals surface area contributed by atoms with Crippen LogP contribution in [0, 0.1) is 11.3 Å². The van der Waals surface area contributed by atoms with Gasteiger partial charge in [-0.1, -0.05) is 32.1 Å². The molecule has 1 aliphatic heterocycles. The summed E-state index contributed by atoms with van der Waals surface area (Å²) < 4.78 is 21.2. The molecule has 2 aromatic rings. The van der Waals surface area contributed by atoms with Gasteiger partial charge >= 0.3 is 0 Å². The number of fused-ring (bicyclic) bond motifs is 1. The first-order chi connectivity index (χ1) is 17.5. The van der Waals surface area contributed by atoms with Crippen LogP contribution in [0.2, 0.25) is 0 Å². The summed E-state index contributed by atoms with van der Waals surface area (Å²) in [6, 6.07) is 5.29. The van der Waals surface area contributed by atoms with Crippen molar-refractivity contribution in [3.63, 3.8) is 0 Å². The highest BCUT2D eigenvalue weighted by Gasteiger charge is 2.41. The lowest BCUT2D eigenvalue weighted by atomic mass is 9.73. The number of amides is 1. The molecule has 2 heterocycles. The highest BCUT2D eigenvalue weighted by atomic mass is 19.1. The molecule has 198 valence electrons. The number of carbonyl (C=O) groups excluding carboxylic acids is 1. The highest BCUT2D eigenvalue weighted by Crippen LogP contribution is 2.41. The van der Waals surface area contributed by atoms with Crippen LogP contribution < -0.4 is 10.2 Å². The quantitative estimate of drug-likeness (QED) is 0.310. The number of nitrogens with one attached hydrogen (secondary N) is 1. The summed E-state index contributed by atoms with van der Waals surface area (Å²) in [5.74, 6) is 0.975. The predicted octanol–water partition coefficient (Wildman–Crippen LogP) is 5.08. The molecule has 1 amide bonds. The Bertz CT molecular complexity index is 1010. The third-order valence-corrected chi connectivity index (χ3v) is 8.53. The zero-order valence-electron chi connectivity index (χ0n) is 21.3. The van der Waals surface area contributed by atoms with E-state index >= 15 is 4.39 Å². The molecule has 0 radical (unpaired) electrons. The number of aliphatic hydroxyl groups is 1. The van der Waals surface area contributed by atoms with Crippen molar-refractivity contribution in [1.29, 1.82) is 0 Å². The molecule has 2 aliphatic rings. The van der Waals surface area contributed by atoms with Gasteiger partial charge in [0, 0.05) is 22.7 Å². The van der Waals surface area contributed by atoms with Gasteiger partial charge in [0.1, 0.15) is 11.9 Å². The number of carbonyl (C=O) groups is 1. The minimum atomic E-state index is -1.39. The number of likely N-dealkylation sites (tertiary alicyclic amines) is 1. The Morgan fingerprint density at radius 1 is 1.28 bits per heavy atom. The molecule has 1 saturated heterocycles. The number of alkyl halides is 1. The van der Waals surface area contributed by atoms with Crippen molar-refractivity contribution in [2.75, 3.05) is 26.7 Å². The normalized spacial score (nSPS) is 19.8. The summed E-state index contributed by atoms with van der Waals surface area (Å²) in [5.41, 5.74) is 2.50. The van der Waals surface area contributed by atoms with Crippen LogP contribution in [0.5, 0.6) is 5.75 Å². The minimum absolute atomic E-state index is 0.110. The Hall–Kier alpha value is -2.29. The summed E-state index contributed by atoms with van der Waals surface area (Å²) in [7, 11) is 1.55. The number of nitrogens with zero attached hydrogens (tertiary/aromatic N) is 2. The van der Waals surface area contributed by atoms with Gasteiger partial charge in [-0.15, -0.1) is 0 Å². The molecule has 1 atom stereocenters. The van der Waals surface area contributed by atoms with Gasteiger partial charge in [-0.05, 0) is 75.9 Å². The van der Waals surface area contributed by atoms with Gasteiger partial charge in [-0.3, -0.25) is 15.0 Å². The molecule has 1 aliphatic carbocycles. The van der Waals surface area contributed by atoms with Gasteiger partial charge in [-0.2, -0.15) is 0 Å². The van der Waals surface area contributed by atoms with Crippen LogP contribution in [0.1, 0.15) is 81.5 Å². The van der Waals surface area contributed by atoms with Crippen molar-refractivity contribution in [2.24, 2.45) is 11.3 Å². The monoisotopic (exact) mass is 501 g/mol. The second-order valence-electron chi connectivity index (χ2n) is 10.6. The van der Waals surface area contributed by atoms with Crippen LogP contribution in [0.4, 0.5) is 4.39 Å². The van der Waals surface area contributed by atoms with E-state index in [4.69, 9.17) is 4.74 Å². The molecule has 1 saturated carbocycles. The smallest absolute Gasteiger partial charge is 0.249 e. The van der Waals surface area contributed by atoms with Gasteiger partial charge in [0.25, 0.3) is 0 Å². The van der Waals surface area contributed by atoms with Gasteiger partial charge in [0.15, 0.2) is 0 Å². The molecule has 8 heteroatoms. The molecular weight excluding hydrogens is 461 g/mol. The Labute approximate surface area is 213 Å². The average Bonchev–Trinajstić information content (AvgIpc) is 2.94. The third kappa shape index (κ3) is 5.98. The Morgan fingerprint density at radius 2 is 2.03 bits per heavy atom. The van der Waals surface area contributed by atoms with Crippen molar-refractivity contribution in [3.8, 4) is 5.75 Å². The van der Waals surface area contributed by atoms with E-state index in [1.54, 1.807) is 25.3 Å². The second-order valence-corrected chi connectivity index (χ2v) is 10.6. The van der Waals surface area contributed by atoms with Gasteiger partial charge in [0.05, 0.1) is 24.6 Å². The van der Waals surface area contributed by atoms with Crippen LogP contribution >= 0.6 is 0 Å². The molecule has 1 aromatic heterocycles. The molecule has 7 nitrogen and oxygen atoms in total. The molecule has 1 aromatic carbocycles. The van der Waals surface area contributed by atoms with Crippen molar-refractivity contribution in [2.45, 2.75) is 77.0 Å². The maximum absolute atomic E-state index is 15.9. The number of benzene rings is 1. The molecule has 4 rings (SSSR count). The van der Waals surface area contributed by atoms with Gasteiger partial charge < -0.3 is 14.7 Å². The van der Waals surface area contributed by atoms with Crippen LogP contribution in [0.15, 0.2) is 24.4 Å². The third-order valence-electron chi connectivity index (χ3n) is 8.53. The lowest BCUT2D eigenvalue weighted by Crippen LogP contribution is -2.48. The van der Waals surface area contributed by atoms with E-state index < -0.39 is 17.5 Å². The van der Waals surface area contributed by atoms with Crippen LogP contribution in [-0.2, 0) is 11.4 Å². The van der Waals surface area contributed by atoms with Crippen LogP contribution in [0.25, 0.3) is 10.9 Å². The number of hydrogen-bond acceptors (Lipinski definition) is 6. The fraction of sp³-hybridized carbons (Fsp3) is 0.643. The first kappa shape index (κ1) is 26.8. The summed E-state index contributed by atoms with van der Waals surface area (Å²) in [6.45, 7) is 2.26. The Morgan fingerprint density at radius 3 is 2.69 bits per heavy atom. The van der Waals surface area contributed by atoms with Crippen LogP contribution in [0.3, 0.4) is 0 Å². The SMILES string of the molecule is COc1ccc2ncc(CO)c(C(F)CCC3(C(=O)NO)CCN(CCC4CCCCC4)CC3)c2c1. The standard InChI is InChI=1S/C28H40FN3O4/c1-36-22-7-8-25-23(17-22)26(21(19-33)18-30-25)24(29)9-11-28(27(34)31-35)12-15-32(16-13-28)14-10-20-5-3-2-4-6-20/h7-8,17-18,20,24,33,35H,2-6,9-16,19H2,1H3,(H,31,34). The van der Waals surface area contributed by atoms with Crippen molar-refractivity contribution in [1.82, 2.24) is 15.4 Å². The zero-order chi connectivity index (χ0) is 25.5. The first-order valence-electron chi connectivity index (χ1n) is 13.4. The molecule has 36 heavy (non-hydrogen) atoms. The van der Waals surface area contributed by atoms with Crippen molar-refractivity contribution in [3.05, 3.63) is 35.5 Å². The van der Waals surface area contributed by atoms with E-state index in [0.717, 1.165) is 25.6 Å². The molecule has 0 spiro atoms. The van der Waals surface area contributed by atoms with Crippen LogP contribution in [-0.4, -0.2) is 52.8 Å². The lowest BCUT2D eigenvalue weighted by Gasteiger charge is -2.41. The summed E-state index contributed by atoms with van der Waals surface area (Å²) in [4.78, 5) is 19.6.